The van der Waals surface area contributed by atoms with Gasteiger partial charge in [-0.05, 0) is 25.0 Å². The minimum Gasteiger partial charge on any atom is -0.476 e. The molecule has 0 radical (unpaired) electrons. The molecule has 0 spiro atoms. The molecule has 3 rings (SSSR count). The second-order valence-corrected chi connectivity index (χ2v) is 4.80. The maximum Gasteiger partial charge on any atom is 0.356 e. The molecule has 1 aromatic carbocycles. The Hall–Kier alpha value is -2.69. The fourth-order valence-corrected chi connectivity index (χ4v) is 2.26. The van der Waals surface area contributed by atoms with Crippen molar-refractivity contribution in [1.82, 2.24) is 14.4 Å². The van der Waals surface area contributed by atoms with Crippen LogP contribution in [0, 0.1) is 13.8 Å². The number of hydrogen-bond acceptors (Lipinski definition) is 3. The zero-order valence-corrected chi connectivity index (χ0v) is 11.2. The highest BCUT2D eigenvalue weighted by molar-refractivity contribution is 5.85. The normalized spacial score (nSPS) is 10.9. The predicted molar refractivity (Wildman–Crippen MR) is 74.9 cm³/mol. The summed E-state index contributed by atoms with van der Waals surface area (Å²) in [4.78, 5) is 19.1. The fraction of sp³-hybridized carbons (Fsp3) is 0.133. The van der Waals surface area contributed by atoms with E-state index in [1.165, 1.54) is 11.8 Å². The Morgan fingerprint density at radius 2 is 2.05 bits per heavy atom. The van der Waals surface area contributed by atoms with Crippen molar-refractivity contribution in [3.05, 3.63) is 53.6 Å². The van der Waals surface area contributed by atoms with Crippen LogP contribution in [0.4, 0.5) is 0 Å². The quantitative estimate of drug-likeness (QED) is 0.775. The van der Waals surface area contributed by atoms with Gasteiger partial charge in [0.2, 0.25) is 5.78 Å². The maximum absolute atomic E-state index is 10.9. The molecule has 0 unspecified atom stereocenters. The van der Waals surface area contributed by atoms with Gasteiger partial charge in [-0.15, -0.1) is 0 Å². The molecule has 2 aromatic heterocycles. The predicted octanol–water partition coefficient (Wildman–Crippen LogP) is 2.71. The van der Waals surface area contributed by atoms with Crippen LogP contribution in [0.2, 0.25) is 0 Å². The van der Waals surface area contributed by atoms with Crippen molar-refractivity contribution < 1.29 is 9.90 Å². The van der Waals surface area contributed by atoms with E-state index in [1.54, 1.807) is 10.6 Å². The lowest BCUT2D eigenvalue weighted by molar-refractivity contribution is 0.0691. The Labute approximate surface area is 115 Å². The minimum absolute atomic E-state index is 0.00437. The fourth-order valence-electron chi connectivity index (χ4n) is 2.26. The van der Waals surface area contributed by atoms with Crippen molar-refractivity contribution in [1.29, 1.82) is 0 Å². The Bertz CT molecular complexity index is 821. The van der Waals surface area contributed by atoms with Crippen LogP contribution < -0.4 is 0 Å². The second kappa shape index (κ2) is 4.45. The van der Waals surface area contributed by atoms with E-state index >= 15 is 0 Å². The Morgan fingerprint density at radius 3 is 2.75 bits per heavy atom. The van der Waals surface area contributed by atoms with Crippen LogP contribution in [0.5, 0.6) is 0 Å². The number of carbonyl (C=O) groups is 1. The van der Waals surface area contributed by atoms with E-state index in [2.05, 4.69) is 16.0 Å². The number of nitrogens with zero attached hydrogens (tertiary/aromatic N) is 3. The number of hydrogen-bond donors (Lipinski definition) is 1. The van der Waals surface area contributed by atoms with Crippen molar-refractivity contribution in [2.45, 2.75) is 13.8 Å². The number of carboxylic acid groups (broad SMARTS) is 1. The molecular formula is C15H13N3O2. The lowest BCUT2D eigenvalue weighted by atomic mass is 10.0. The molecule has 5 nitrogen and oxygen atoms in total. The molecule has 3 aromatic rings. The summed E-state index contributed by atoms with van der Waals surface area (Å²) < 4.78 is 1.64. The highest BCUT2D eigenvalue weighted by Crippen LogP contribution is 2.23. The van der Waals surface area contributed by atoms with Crippen molar-refractivity contribution >= 4 is 11.7 Å². The molecule has 0 saturated heterocycles. The Balaban J connectivity index is 2.14. The lowest BCUT2D eigenvalue weighted by Gasteiger charge is -2.07. The van der Waals surface area contributed by atoms with E-state index in [4.69, 9.17) is 5.11 Å². The SMILES string of the molecule is Cc1ccc(-c2cnc3nc(C(=O)O)cn3c2)c(C)c1. The number of aromatic carboxylic acids is 1. The molecular weight excluding hydrogens is 254 g/mol. The lowest BCUT2D eigenvalue weighted by Crippen LogP contribution is -1.94. The molecule has 0 amide bonds. The third-order valence-electron chi connectivity index (χ3n) is 3.22. The summed E-state index contributed by atoms with van der Waals surface area (Å²) in [7, 11) is 0. The van der Waals surface area contributed by atoms with Crippen LogP contribution in [0.15, 0.2) is 36.8 Å². The van der Waals surface area contributed by atoms with Gasteiger partial charge >= 0.3 is 5.97 Å². The van der Waals surface area contributed by atoms with Crippen molar-refractivity contribution in [2.75, 3.05) is 0 Å². The van der Waals surface area contributed by atoms with Crippen molar-refractivity contribution in [3.8, 4) is 11.1 Å². The van der Waals surface area contributed by atoms with Gasteiger partial charge in [-0.1, -0.05) is 23.8 Å². The third-order valence-corrected chi connectivity index (χ3v) is 3.22. The molecule has 0 aliphatic carbocycles. The zero-order valence-electron chi connectivity index (χ0n) is 11.2. The van der Waals surface area contributed by atoms with E-state index in [9.17, 15) is 4.79 Å². The third kappa shape index (κ3) is 2.03. The van der Waals surface area contributed by atoms with Crippen LogP contribution in [0.25, 0.3) is 16.9 Å². The number of rotatable bonds is 2. The number of aromatic nitrogens is 3. The number of carboxylic acids is 1. The number of fused-ring (bicyclic) bond motifs is 1. The van der Waals surface area contributed by atoms with Crippen molar-refractivity contribution in [2.24, 2.45) is 0 Å². The molecule has 0 saturated carbocycles. The molecule has 0 fully saturated rings. The summed E-state index contributed by atoms with van der Waals surface area (Å²) in [6, 6.07) is 6.20. The molecule has 0 bridgehead atoms. The first kappa shape index (κ1) is 12.3. The van der Waals surface area contributed by atoms with Gasteiger partial charge in [0.1, 0.15) is 0 Å². The average Bonchev–Trinajstić information content (AvgIpc) is 2.81. The molecule has 1 N–H and O–H groups in total. The average molecular weight is 267 g/mol. The second-order valence-electron chi connectivity index (χ2n) is 4.80. The first-order chi connectivity index (χ1) is 9.54. The number of imidazole rings is 1. The summed E-state index contributed by atoms with van der Waals surface area (Å²) >= 11 is 0. The standard InChI is InChI=1S/C15H13N3O2/c1-9-3-4-12(10(2)5-9)11-6-16-15-17-13(14(19)20)8-18(15)7-11/h3-8H,1-2H3,(H,19,20). The smallest absolute Gasteiger partial charge is 0.356 e. The van der Waals surface area contributed by atoms with Crippen LogP contribution in [0.1, 0.15) is 21.6 Å². The molecule has 0 aliphatic heterocycles. The largest absolute Gasteiger partial charge is 0.476 e. The zero-order chi connectivity index (χ0) is 14.3. The Morgan fingerprint density at radius 1 is 1.25 bits per heavy atom. The van der Waals surface area contributed by atoms with Gasteiger partial charge < -0.3 is 5.11 Å². The van der Waals surface area contributed by atoms with Crippen LogP contribution in [0.3, 0.4) is 0 Å². The van der Waals surface area contributed by atoms with E-state index in [-0.39, 0.29) is 5.69 Å². The summed E-state index contributed by atoms with van der Waals surface area (Å²) in [6.45, 7) is 4.09. The summed E-state index contributed by atoms with van der Waals surface area (Å²) in [6.07, 6.45) is 5.03. The Kier molecular flexibility index (Phi) is 2.75. The van der Waals surface area contributed by atoms with Gasteiger partial charge in [-0.25, -0.2) is 14.8 Å². The van der Waals surface area contributed by atoms with E-state index in [0.717, 1.165) is 16.7 Å². The van der Waals surface area contributed by atoms with Crippen LogP contribution >= 0.6 is 0 Å². The highest BCUT2D eigenvalue weighted by Gasteiger charge is 2.10. The van der Waals surface area contributed by atoms with E-state index in [1.807, 2.05) is 32.2 Å². The summed E-state index contributed by atoms with van der Waals surface area (Å²) in [5.74, 6) is -0.667. The molecule has 0 aliphatic rings. The molecule has 5 heteroatoms. The van der Waals surface area contributed by atoms with Crippen LogP contribution in [-0.4, -0.2) is 25.4 Å². The summed E-state index contributed by atoms with van der Waals surface area (Å²) in [5, 5.41) is 8.94. The van der Waals surface area contributed by atoms with Gasteiger partial charge in [0.15, 0.2) is 5.69 Å². The van der Waals surface area contributed by atoms with Gasteiger partial charge in [-0.3, -0.25) is 4.40 Å². The van der Waals surface area contributed by atoms with E-state index < -0.39 is 5.97 Å². The minimum atomic E-state index is -1.05. The van der Waals surface area contributed by atoms with Gasteiger partial charge in [0.25, 0.3) is 0 Å². The molecule has 0 atom stereocenters. The topological polar surface area (TPSA) is 67.5 Å². The van der Waals surface area contributed by atoms with E-state index in [0.29, 0.717) is 5.78 Å². The monoisotopic (exact) mass is 267 g/mol. The van der Waals surface area contributed by atoms with Gasteiger partial charge in [-0.2, -0.15) is 0 Å². The maximum atomic E-state index is 10.9. The first-order valence-electron chi connectivity index (χ1n) is 6.20. The number of aryl methyl sites for hydroxylation is 2. The van der Waals surface area contributed by atoms with Crippen molar-refractivity contribution in [3.63, 3.8) is 0 Å². The summed E-state index contributed by atoms with van der Waals surface area (Å²) in [5.41, 5.74) is 4.37. The first-order valence-corrected chi connectivity index (χ1v) is 6.20. The number of benzene rings is 1. The highest BCUT2D eigenvalue weighted by atomic mass is 16.4. The van der Waals surface area contributed by atoms with Gasteiger partial charge in [0.05, 0.1) is 0 Å². The molecule has 2 heterocycles. The molecule has 20 heavy (non-hydrogen) atoms. The molecule has 100 valence electrons. The van der Waals surface area contributed by atoms with Gasteiger partial charge in [0, 0.05) is 24.2 Å². The van der Waals surface area contributed by atoms with Crippen LogP contribution in [-0.2, 0) is 0 Å².